The van der Waals surface area contributed by atoms with Crippen molar-refractivity contribution in [2.45, 2.75) is 33.2 Å². The number of nitrogens with zero attached hydrogens (tertiary/aromatic N) is 1. The minimum absolute atomic E-state index is 0.0832. The first kappa shape index (κ1) is 10.3. The SMILES string of the molecule is CC1(C)CC(Cn2ccc(=O)c(N)c2)C1. The number of aromatic nitrogens is 1. The Bertz CT molecular complexity index is 412. The number of hydrogen-bond acceptors (Lipinski definition) is 2. The van der Waals surface area contributed by atoms with Gasteiger partial charge in [-0.3, -0.25) is 4.79 Å². The van der Waals surface area contributed by atoms with Crippen molar-refractivity contribution in [3.63, 3.8) is 0 Å². The molecular weight excluding hydrogens is 188 g/mol. The average molecular weight is 206 g/mol. The molecule has 0 radical (unpaired) electrons. The second-order valence-electron chi connectivity index (χ2n) is 5.40. The lowest BCUT2D eigenvalue weighted by molar-refractivity contribution is 0.0828. The van der Waals surface area contributed by atoms with Crippen LogP contribution in [0, 0.1) is 11.3 Å². The summed E-state index contributed by atoms with van der Waals surface area (Å²) in [5.74, 6) is 0.738. The monoisotopic (exact) mass is 206 g/mol. The van der Waals surface area contributed by atoms with Gasteiger partial charge in [0.05, 0.1) is 5.69 Å². The van der Waals surface area contributed by atoms with E-state index in [0.29, 0.717) is 11.1 Å². The zero-order chi connectivity index (χ0) is 11.1. The van der Waals surface area contributed by atoms with Crippen LogP contribution in [0.2, 0.25) is 0 Å². The van der Waals surface area contributed by atoms with Gasteiger partial charge in [0.1, 0.15) is 0 Å². The molecule has 0 saturated heterocycles. The van der Waals surface area contributed by atoms with Crippen molar-refractivity contribution >= 4 is 5.69 Å². The van der Waals surface area contributed by atoms with Gasteiger partial charge in [0.25, 0.3) is 0 Å². The zero-order valence-corrected chi connectivity index (χ0v) is 9.36. The second kappa shape index (κ2) is 3.40. The van der Waals surface area contributed by atoms with Crippen molar-refractivity contribution in [3.8, 4) is 0 Å². The first-order valence-corrected chi connectivity index (χ1v) is 5.42. The maximum Gasteiger partial charge on any atom is 0.204 e. The number of nitrogens with two attached hydrogens (primary N) is 1. The topological polar surface area (TPSA) is 48.0 Å². The molecular formula is C12H18N2O. The van der Waals surface area contributed by atoms with Crippen LogP contribution in [-0.4, -0.2) is 4.57 Å². The van der Waals surface area contributed by atoms with Gasteiger partial charge in [0, 0.05) is 25.0 Å². The minimum atomic E-state index is -0.0832. The molecule has 1 saturated carbocycles. The Morgan fingerprint density at radius 3 is 2.73 bits per heavy atom. The fraction of sp³-hybridized carbons (Fsp3) is 0.583. The molecule has 2 N–H and O–H groups in total. The quantitative estimate of drug-likeness (QED) is 0.803. The summed E-state index contributed by atoms with van der Waals surface area (Å²) in [6.45, 7) is 5.57. The molecule has 0 atom stereocenters. The summed E-state index contributed by atoms with van der Waals surface area (Å²) in [4.78, 5) is 11.1. The van der Waals surface area contributed by atoms with E-state index in [1.807, 2.05) is 10.8 Å². The molecule has 1 aromatic rings. The van der Waals surface area contributed by atoms with Gasteiger partial charge in [-0.2, -0.15) is 0 Å². The highest BCUT2D eigenvalue weighted by Gasteiger charge is 2.35. The molecule has 3 nitrogen and oxygen atoms in total. The Labute approximate surface area is 89.9 Å². The third-order valence-electron chi connectivity index (χ3n) is 3.16. The molecule has 1 aliphatic carbocycles. The van der Waals surface area contributed by atoms with E-state index in [1.165, 1.54) is 12.8 Å². The molecule has 1 heterocycles. The Balaban J connectivity index is 2.01. The number of rotatable bonds is 2. The van der Waals surface area contributed by atoms with Crippen molar-refractivity contribution < 1.29 is 0 Å². The molecule has 0 bridgehead atoms. The molecule has 1 aromatic heterocycles. The average Bonchev–Trinajstić information content (AvgIpc) is 2.08. The van der Waals surface area contributed by atoms with E-state index in [0.717, 1.165) is 12.5 Å². The van der Waals surface area contributed by atoms with E-state index in [2.05, 4.69) is 13.8 Å². The maximum atomic E-state index is 11.1. The first-order valence-electron chi connectivity index (χ1n) is 5.42. The summed E-state index contributed by atoms with van der Waals surface area (Å²) in [6, 6.07) is 1.54. The van der Waals surface area contributed by atoms with Crippen LogP contribution in [0.4, 0.5) is 5.69 Å². The zero-order valence-electron chi connectivity index (χ0n) is 9.36. The highest BCUT2D eigenvalue weighted by molar-refractivity contribution is 5.33. The number of pyridine rings is 1. The van der Waals surface area contributed by atoms with Crippen molar-refractivity contribution in [2.24, 2.45) is 11.3 Å². The van der Waals surface area contributed by atoms with Crippen molar-refractivity contribution in [1.29, 1.82) is 0 Å². The van der Waals surface area contributed by atoms with Crippen molar-refractivity contribution in [2.75, 3.05) is 5.73 Å². The molecule has 0 spiro atoms. The number of anilines is 1. The normalized spacial score (nSPS) is 19.9. The van der Waals surface area contributed by atoms with E-state index in [1.54, 1.807) is 12.3 Å². The Morgan fingerprint density at radius 2 is 2.20 bits per heavy atom. The van der Waals surface area contributed by atoms with Gasteiger partial charge in [-0.25, -0.2) is 0 Å². The number of hydrogen-bond donors (Lipinski definition) is 1. The minimum Gasteiger partial charge on any atom is -0.394 e. The molecule has 0 aromatic carbocycles. The van der Waals surface area contributed by atoms with E-state index >= 15 is 0 Å². The molecule has 15 heavy (non-hydrogen) atoms. The smallest absolute Gasteiger partial charge is 0.204 e. The standard InChI is InChI=1S/C12H18N2O/c1-12(2)5-9(6-12)7-14-4-3-11(15)10(13)8-14/h3-4,8-9H,5-7,13H2,1-2H3. The summed E-state index contributed by atoms with van der Waals surface area (Å²) in [6.07, 6.45) is 6.09. The van der Waals surface area contributed by atoms with Crippen molar-refractivity contribution in [1.82, 2.24) is 4.57 Å². The third-order valence-corrected chi connectivity index (χ3v) is 3.16. The molecule has 0 amide bonds. The predicted octanol–water partition coefficient (Wildman–Crippen LogP) is 1.87. The van der Waals surface area contributed by atoms with Crippen LogP contribution >= 0.6 is 0 Å². The second-order valence-corrected chi connectivity index (χ2v) is 5.40. The summed E-state index contributed by atoms with van der Waals surface area (Å²) < 4.78 is 2.02. The molecule has 82 valence electrons. The van der Waals surface area contributed by atoms with Gasteiger partial charge >= 0.3 is 0 Å². The van der Waals surface area contributed by atoms with Crippen LogP contribution in [0.1, 0.15) is 26.7 Å². The van der Waals surface area contributed by atoms with Crippen molar-refractivity contribution in [3.05, 3.63) is 28.7 Å². The largest absolute Gasteiger partial charge is 0.394 e. The predicted molar refractivity (Wildman–Crippen MR) is 61.6 cm³/mol. The fourth-order valence-electron chi connectivity index (χ4n) is 2.59. The summed E-state index contributed by atoms with van der Waals surface area (Å²) in [5, 5.41) is 0. The van der Waals surface area contributed by atoms with E-state index in [4.69, 9.17) is 5.73 Å². The maximum absolute atomic E-state index is 11.1. The molecule has 1 aliphatic rings. The molecule has 1 fully saturated rings. The molecule has 2 rings (SSSR count). The van der Waals surface area contributed by atoms with E-state index in [-0.39, 0.29) is 5.43 Å². The van der Waals surface area contributed by atoms with Crippen LogP contribution in [0.25, 0.3) is 0 Å². The van der Waals surface area contributed by atoms with Gasteiger partial charge in [-0.15, -0.1) is 0 Å². The summed E-state index contributed by atoms with van der Waals surface area (Å²) >= 11 is 0. The van der Waals surface area contributed by atoms with Crippen LogP contribution < -0.4 is 11.2 Å². The molecule has 3 heteroatoms. The van der Waals surface area contributed by atoms with Gasteiger partial charge in [0.2, 0.25) is 5.43 Å². The van der Waals surface area contributed by atoms with Gasteiger partial charge < -0.3 is 10.3 Å². The summed E-state index contributed by atoms with van der Waals surface area (Å²) in [7, 11) is 0. The van der Waals surface area contributed by atoms with Gasteiger partial charge in [-0.05, 0) is 24.2 Å². The molecule has 0 unspecified atom stereocenters. The van der Waals surface area contributed by atoms with Crippen LogP contribution in [0.15, 0.2) is 23.3 Å². The lowest BCUT2D eigenvalue weighted by atomic mass is 9.64. The highest BCUT2D eigenvalue weighted by Crippen LogP contribution is 2.45. The van der Waals surface area contributed by atoms with Crippen LogP contribution in [-0.2, 0) is 6.54 Å². The third kappa shape index (κ3) is 2.22. The molecule has 0 aliphatic heterocycles. The van der Waals surface area contributed by atoms with E-state index in [9.17, 15) is 4.79 Å². The first-order chi connectivity index (χ1) is 6.96. The Hall–Kier alpha value is -1.25. The lowest BCUT2D eigenvalue weighted by Crippen LogP contribution is -2.34. The van der Waals surface area contributed by atoms with Gasteiger partial charge in [0.15, 0.2) is 0 Å². The van der Waals surface area contributed by atoms with Crippen LogP contribution in [0.5, 0.6) is 0 Å². The Kier molecular flexibility index (Phi) is 2.33. The summed E-state index contributed by atoms with van der Waals surface area (Å²) in [5.41, 5.74) is 6.35. The Morgan fingerprint density at radius 1 is 1.53 bits per heavy atom. The highest BCUT2D eigenvalue weighted by atomic mass is 16.1. The fourth-order valence-corrected chi connectivity index (χ4v) is 2.59. The lowest BCUT2D eigenvalue weighted by Gasteiger charge is -2.43. The van der Waals surface area contributed by atoms with Crippen LogP contribution in [0.3, 0.4) is 0 Å². The van der Waals surface area contributed by atoms with E-state index < -0.39 is 0 Å². The number of nitrogen functional groups attached to an aromatic ring is 1. The van der Waals surface area contributed by atoms with Gasteiger partial charge in [-0.1, -0.05) is 13.8 Å².